The van der Waals surface area contributed by atoms with Gasteiger partial charge in [-0.3, -0.25) is 4.98 Å². The Morgan fingerprint density at radius 3 is 2.94 bits per heavy atom. The van der Waals surface area contributed by atoms with Gasteiger partial charge < -0.3 is 9.73 Å². The summed E-state index contributed by atoms with van der Waals surface area (Å²) in [6.45, 7) is 5.06. The molecule has 1 aliphatic rings. The first-order valence-corrected chi connectivity index (χ1v) is 6.47. The van der Waals surface area contributed by atoms with Gasteiger partial charge in [0.1, 0.15) is 11.5 Å². The van der Waals surface area contributed by atoms with E-state index in [1.807, 2.05) is 12.3 Å². The minimum atomic E-state index is 0.652. The number of rotatable bonds is 4. The lowest BCUT2D eigenvalue weighted by Crippen LogP contribution is -2.00. The number of aryl methyl sites for hydroxylation is 1. The van der Waals surface area contributed by atoms with Crippen molar-refractivity contribution in [3.63, 3.8) is 0 Å². The van der Waals surface area contributed by atoms with Crippen molar-refractivity contribution in [3.05, 3.63) is 47.7 Å². The molecule has 2 heterocycles. The van der Waals surface area contributed by atoms with Gasteiger partial charge in [-0.2, -0.15) is 0 Å². The maximum atomic E-state index is 5.86. The number of nitrogens with zero attached hydrogens (tertiary/aromatic N) is 1. The molecule has 2 unspecified atom stereocenters. The van der Waals surface area contributed by atoms with Crippen LogP contribution in [0.4, 0.5) is 5.69 Å². The summed E-state index contributed by atoms with van der Waals surface area (Å²) in [4.78, 5) is 4.12. The van der Waals surface area contributed by atoms with Crippen molar-refractivity contribution in [2.24, 2.45) is 5.92 Å². The molecule has 0 radical (unpaired) electrons. The van der Waals surface area contributed by atoms with Gasteiger partial charge in [-0.15, -0.1) is 0 Å². The normalized spacial score (nSPS) is 21.9. The standard InChI is InChI=1S/C15H18N2O/c1-10-5-6-16-9-14(10)17-8-12-3-4-15(18-12)13-7-11(13)2/h3-6,9,11,13,17H,7-8H2,1-2H3. The topological polar surface area (TPSA) is 38.1 Å². The fourth-order valence-electron chi connectivity index (χ4n) is 2.24. The zero-order valence-electron chi connectivity index (χ0n) is 10.8. The van der Waals surface area contributed by atoms with Gasteiger partial charge in [0.2, 0.25) is 0 Å². The molecule has 2 aromatic heterocycles. The SMILES string of the molecule is Cc1ccncc1NCc1ccc(C2CC2C)o1. The molecule has 18 heavy (non-hydrogen) atoms. The second-order valence-electron chi connectivity index (χ2n) is 5.17. The predicted molar refractivity (Wildman–Crippen MR) is 71.5 cm³/mol. The van der Waals surface area contributed by atoms with Crippen LogP contribution >= 0.6 is 0 Å². The lowest BCUT2D eigenvalue weighted by molar-refractivity contribution is 0.468. The average Bonchev–Trinajstić information content (AvgIpc) is 2.91. The minimum Gasteiger partial charge on any atom is -0.464 e. The van der Waals surface area contributed by atoms with Crippen LogP contribution in [0.3, 0.4) is 0 Å². The van der Waals surface area contributed by atoms with E-state index in [0.29, 0.717) is 12.5 Å². The first-order valence-electron chi connectivity index (χ1n) is 6.47. The first kappa shape index (κ1) is 11.3. The fraction of sp³-hybridized carbons (Fsp3) is 0.400. The Balaban J connectivity index is 1.63. The molecule has 0 amide bonds. The van der Waals surface area contributed by atoms with Crippen LogP contribution in [0.1, 0.15) is 36.3 Å². The molecule has 2 atom stereocenters. The molecule has 1 N–H and O–H groups in total. The summed E-state index contributed by atoms with van der Waals surface area (Å²) in [5.74, 6) is 3.57. The largest absolute Gasteiger partial charge is 0.464 e. The highest BCUT2D eigenvalue weighted by Crippen LogP contribution is 2.47. The number of pyridine rings is 1. The first-order chi connectivity index (χ1) is 8.74. The van der Waals surface area contributed by atoms with Crippen molar-refractivity contribution >= 4 is 5.69 Å². The molecule has 0 spiro atoms. The van der Waals surface area contributed by atoms with Crippen molar-refractivity contribution in [2.45, 2.75) is 32.7 Å². The van der Waals surface area contributed by atoms with E-state index in [4.69, 9.17) is 4.42 Å². The van der Waals surface area contributed by atoms with Crippen molar-refractivity contribution in [1.29, 1.82) is 0 Å². The molecule has 3 rings (SSSR count). The second kappa shape index (κ2) is 4.48. The summed E-state index contributed by atoms with van der Waals surface area (Å²) in [6.07, 6.45) is 4.92. The molecule has 0 aliphatic heterocycles. The van der Waals surface area contributed by atoms with Crippen molar-refractivity contribution in [1.82, 2.24) is 4.98 Å². The van der Waals surface area contributed by atoms with Gasteiger partial charge in [-0.05, 0) is 43.0 Å². The lowest BCUT2D eigenvalue weighted by Gasteiger charge is -2.06. The molecule has 1 fully saturated rings. The zero-order chi connectivity index (χ0) is 12.5. The molecule has 3 nitrogen and oxygen atoms in total. The van der Waals surface area contributed by atoms with Gasteiger partial charge in [0.15, 0.2) is 0 Å². The van der Waals surface area contributed by atoms with E-state index < -0.39 is 0 Å². The summed E-state index contributed by atoms with van der Waals surface area (Å²) in [5, 5.41) is 3.36. The molecule has 1 aliphatic carbocycles. The number of hydrogen-bond donors (Lipinski definition) is 1. The third-order valence-electron chi connectivity index (χ3n) is 3.65. The monoisotopic (exact) mass is 242 g/mol. The highest BCUT2D eigenvalue weighted by molar-refractivity contribution is 5.47. The number of furan rings is 1. The molecule has 2 aromatic rings. The summed E-state index contributed by atoms with van der Waals surface area (Å²) < 4.78 is 5.86. The van der Waals surface area contributed by atoms with E-state index in [2.05, 4.69) is 36.3 Å². The van der Waals surface area contributed by atoms with E-state index in [9.17, 15) is 0 Å². The van der Waals surface area contributed by atoms with Crippen molar-refractivity contribution in [2.75, 3.05) is 5.32 Å². The van der Waals surface area contributed by atoms with Crippen molar-refractivity contribution < 1.29 is 4.42 Å². The Labute approximate surface area is 107 Å². The quantitative estimate of drug-likeness (QED) is 0.888. The van der Waals surface area contributed by atoms with E-state index in [-0.39, 0.29) is 0 Å². The van der Waals surface area contributed by atoms with Crippen molar-refractivity contribution in [3.8, 4) is 0 Å². The van der Waals surface area contributed by atoms with Crippen LogP contribution < -0.4 is 5.32 Å². The van der Waals surface area contributed by atoms with Crippen LogP contribution in [0.2, 0.25) is 0 Å². The molecule has 0 aromatic carbocycles. The second-order valence-corrected chi connectivity index (χ2v) is 5.17. The number of nitrogens with one attached hydrogen (secondary N) is 1. The summed E-state index contributed by atoms with van der Waals surface area (Å²) in [7, 11) is 0. The molecule has 3 heteroatoms. The summed E-state index contributed by atoms with van der Waals surface area (Å²) in [5.41, 5.74) is 2.27. The van der Waals surface area contributed by atoms with E-state index in [1.165, 1.54) is 12.0 Å². The highest BCUT2D eigenvalue weighted by Gasteiger charge is 2.36. The smallest absolute Gasteiger partial charge is 0.123 e. The Morgan fingerprint density at radius 2 is 2.22 bits per heavy atom. The Morgan fingerprint density at radius 1 is 1.39 bits per heavy atom. The van der Waals surface area contributed by atoms with Gasteiger partial charge in [0, 0.05) is 12.1 Å². The molecular formula is C15H18N2O. The lowest BCUT2D eigenvalue weighted by atomic mass is 10.2. The predicted octanol–water partition coefficient (Wildman–Crippen LogP) is 3.72. The molecule has 1 saturated carbocycles. The van der Waals surface area contributed by atoms with E-state index >= 15 is 0 Å². The van der Waals surface area contributed by atoms with Gasteiger partial charge in [-0.1, -0.05) is 6.92 Å². The molecule has 0 bridgehead atoms. The third-order valence-corrected chi connectivity index (χ3v) is 3.65. The van der Waals surface area contributed by atoms with Crippen LogP contribution in [0.15, 0.2) is 35.0 Å². The Kier molecular flexibility index (Phi) is 2.82. The number of anilines is 1. The van der Waals surface area contributed by atoms with Gasteiger partial charge in [0.25, 0.3) is 0 Å². The van der Waals surface area contributed by atoms with E-state index in [1.54, 1.807) is 6.20 Å². The minimum absolute atomic E-state index is 0.652. The average molecular weight is 242 g/mol. The summed E-state index contributed by atoms with van der Waals surface area (Å²) >= 11 is 0. The van der Waals surface area contributed by atoms with Crippen LogP contribution in [0.5, 0.6) is 0 Å². The maximum Gasteiger partial charge on any atom is 0.123 e. The maximum absolute atomic E-state index is 5.86. The van der Waals surface area contributed by atoms with E-state index in [0.717, 1.165) is 23.1 Å². The number of hydrogen-bond acceptors (Lipinski definition) is 3. The molecular weight excluding hydrogens is 224 g/mol. The highest BCUT2D eigenvalue weighted by atomic mass is 16.3. The third kappa shape index (κ3) is 2.26. The van der Waals surface area contributed by atoms with Crippen LogP contribution in [-0.2, 0) is 6.54 Å². The van der Waals surface area contributed by atoms with Crippen LogP contribution in [0, 0.1) is 12.8 Å². The number of aromatic nitrogens is 1. The van der Waals surface area contributed by atoms with Gasteiger partial charge in [-0.25, -0.2) is 0 Å². The Hall–Kier alpha value is -1.77. The molecule has 94 valence electrons. The summed E-state index contributed by atoms with van der Waals surface area (Å²) in [6, 6.07) is 6.18. The van der Waals surface area contributed by atoms with Crippen LogP contribution in [-0.4, -0.2) is 4.98 Å². The zero-order valence-corrected chi connectivity index (χ0v) is 10.8. The fourth-order valence-corrected chi connectivity index (χ4v) is 2.24. The molecule has 0 saturated heterocycles. The Bertz CT molecular complexity index is 547. The van der Waals surface area contributed by atoms with Gasteiger partial charge >= 0.3 is 0 Å². The van der Waals surface area contributed by atoms with Crippen LogP contribution in [0.25, 0.3) is 0 Å². The van der Waals surface area contributed by atoms with Gasteiger partial charge in [0.05, 0.1) is 18.4 Å².